The summed E-state index contributed by atoms with van der Waals surface area (Å²) in [6.07, 6.45) is 3.71. The maximum absolute atomic E-state index is 14.7. The van der Waals surface area contributed by atoms with Crippen LogP contribution < -0.4 is 9.47 Å². The van der Waals surface area contributed by atoms with Crippen molar-refractivity contribution in [3.63, 3.8) is 0 Å². The molecular formula is C28H26F2O4. The zero-order chi connectivity index (χ0) is 23.8. The van der Waals surface area contributed by atoms with Crippen molar-refractivity contribution in [1.29, 1.82) is 0 Å². The fraction of sp³-hybridized carbons (Fsp3) is 0.321. The second-order valence-electron chi connectivity index (χ2n) is 9.11. The average Bonchev–Trinajstić information content (AvgIpc) is 3.68. The van der Waals surface area contributed by atoms with Crippen molar-refractivity contribution in [3.05, 3.63) is 82.9 Å². The molecule has 1 saturated carbocycles. The molecule has 0 amide bonds. The van der Waals surface area contributed by atoms with Crippen LogP contribution in [0.3, 0.4) is 0 Å². The summed E-state index contributed by atoms with van der Waals surface area (Å²) in [7, 11) is 1.35. The molecule has 2 atom stereocenters. The molecule has 0 aromatic heterocycles. The number of fused-ring (bicyclic) bond motifs is 1. The topological polar surface area (TPSA) is 55.8 Å². The highest BCUT2D eigenvalue weighted by atomic mass is 19.1. The van der Waals surface area contributed by atoms with Gasteiger partial charge >= 0.3 is 5.97 Å². The zero-order valence-corrected chi connectivity index (χ0v) is 18.9. The number of carbonyl (C=O) groups is 1. The maximum Gasteiger partial charge on any atom is 0.303 e. The van der Waals surface area contributed by atoms with E-state index >= 15 is 0 Å². The number of methoxy groups -OCH3 is 1. The average molecular weight is 465 g/mol. The summed E-state index contributed by atoms with van der Waals surface area (Å²) in [5.41, 5.74) is 3.37. The van der Waals surface area contributed by atoms with Crippen LogP contribution >= 0.6 is 0 Å². The van der Waals surface area contributed by atoms with E-state index in [1.807, 2.05) is 24.3 Å². The highest BCUT2D eigenvalue weighted by Crippen LogP contribution is 2.46. The second kappa shape index (κ2) is 9.09. The molecule has 0 bridgehead atoms. The third-order valence-electron chi connectivity index (χ3n) is 6.90. The van der Waals surface area contributed by atoms with Crippen LogP contribution in [0.15, 0.2) is 54.6 Å². The molecule has 34 heavy (non-hydrogen) atoms. The highest BCUT2D eigenvalue weighted by molar-refractivity contribution is 5.68. The molecule has 2 aliphatic rings. The van der Waals surface area contributed by atoms with E-state index in [4.69, 9.17) is 9.47 Å². The summed E-state index contributed by atoms with van der Waals surface area (Å²) in [6, 6.07) is 15.6. The number of aliphatic carboxylic acids is 1. The Bertz CT molecular complexity index is 1220. The first-order chi connectivity index (χ1) is 16.4. The lowest BCUT2D eigenvalue weighted by Crippen LogP contribution is -2.16. The van der Waals surface area contributed by atoms with Gasteiger partial charge in [-0.15, -0.1) is 0 Å². The molecule has 1 N–H and O–H groups in total. The minimum atomic E-state index is -0.780. The van der Waals surface area contributed by atoms with Gasteiger partial charge in [0.25, 0.3) is 0 Å². The predicted octanol–water partition coefficient (Wildman–Crippen LogP) is 6.68. The molecule has 4 nitrogen and oxygen atoms in total. The molecule has 3 aromatic carbocycles. The Balaban J connectivity index is 1.38. The van der Waals surface area contributed by atoms with Gasteiger partial charge in [0.1, 0.15) is 17.7 Å². The Morgan fingerprint density at radius 2 is 1.85 bits per heavy atom. The van der Waals surface area contributed by atoms with Crippen LogP contribution in [0.5, 0.6) is 11.5 Å². The lowest BCUT2D eigenvalue weighted by molar-refractivity contribution is -0.137. The van der Waals surface area contributed by atoms with Gasteiger partial charge in [0.2, 0.25) is 0 Å². The van der Waals surface area contributed by atoms with Gasteiger partial charge in [0.15, 0.2) is 11.6 Å². The molecule has 1 aliphatic heterocycles. The Morgan fingerprint density at radius 1 is 1.09 bits per heavy atom. The van der Waals surface area contributed by atoms with Crippen molar-refractivity contribution < 1.29 is 28.2 Å². The molecule has 1 aliphatic carbocycles. The number of hydrogen-bond acceptors (Lipinski definition) is 3. The number of aryl methyl sites for hydroxylation is 1. The number of carboxylic acid groups (broad SMARTS) is 1. The second-order valence-corrected chi connectivity index (χ2v) is 9.11. The summed E-state index contributed by atoms with van der Waals surface area (Å²) in [4.78, 5) is 11.4. The van der Waals surface area contributed by atoms with Gasteiger partial charge in [-0.3, -0.25) is 4.79 Å². The van der Waals surface area contributed by atoms with Crippen molar-refractivity contribution in [1.82, 2.24) is 0 Å². The van der Waals surface area contributed by atoms with Gasteiger partial charge in [0.05, 0.1) is 19.1 Å². The first-order valence-corrected chi connectivity index (χ1v) is 11.6. The Morgan fingerprint density at radius 3 is 2.53 bits per heavy atom. The third kappa shape index (κ3) is 4.37. The molecule has 6 heteroatoms. The summed E-state index contributed by atoms with van der Waals surface area (Å²) in [6.45, 7) is 0. The van der Waals surface area contributed by atoms with Gasteiger partial charge in [-0.1, -0.05) is 36.4 Å². The molecule has 3 aromatic rings. The molecule has 0 spiro atoms. The first kappa shape index (κ1) is 22.4. The van der Waals surface area contributed by atoms with Crippen molar-refractivity contribution in [2.24, 2.45) is 5.92 Å². The van der Waals surface area contributed by atoms with Gasteiger partial charge in [-0.2, -0.15) is 0 Å². The van der Waals surface area contributed by atoms with E-state index in [0.29, 0.717) is 11.5 Å². The van der Waals surface area contributed by atoms with E-state index in [1.54, 1.807) is 12.1 Å². The molecule has 0 saturated heterocycles. The van der Waals surface area contributed by atoms with Crippen molar-refractivity contribution in [2.75, 3.05) is 7.11 Å². The first-order valence-electron chi connectivity index (χ1n) is 11.6. The van der Waals surface area contributed by atoms with E-state index in [9.17, 15) is 18.7 Å². The molecule has 1 heterocycles. The smallest absolute Gasteiger partial charge is 0.303 e. The standard InChI is InChI=1S/C28H26F2O4/c1-33-24-13-11-22(29)27(28(24)30)19-7-4-17(5-8-19)23-12-10-18-6-9-20(14-25(18)34-23)21(15-26(31)32)16-2-3-16/h4-9,11,13-14,16,21,23H,2-3,10,12,15H2,1H3,(H,31,32)/t21-,23?/m0/s1. The lowest BCUT2D eigenvalue weighted by Gasteiger charge is -2.28. The van der Waals surface area contributed by atoms with Gasteiger partial charge in [0, 0.05) is 0 Å². The van der Waals surface area contributed by atoms with Crippen LogP contribution in [-0.4, -0.2) is 18.2 Å². The number of rotatable bonds is 7. The van der Waals surface area contributed by atoms with Crippen LogP contribution in [0.25, 0.3) is 11.1 Å². The lowest BCUT2D eigenvalue weighted by atomic mass is 9.88. The van der Waals surface area contributed by atoms with Crippen LogP contribution in [-0.2, 0) is 11.2 Å². The Kier molecular flexibility index (Phi) is 5.98. The number of halogens is 2. The number of carboxylic acids is 1. The zero-order valence-electron chi connectivity index (χ0n) is 18.9. The van der Waals surface area contributed by atoms with Crippen LogP contribution in [0.4, 0.5) is 8.78 Å². The van der Waals surface area contributed by atoms with E-state index in [0.717, 1.165) is 48.1 Å². The summed E-state index contributed by atoms with van der Waals surface area (Å²) in [5.74, 6) is -0.922. The molecule has 1 unspecified atom stereocenters. The van der Waals surface area contributed by atoms with Crippen LogP contribution in [0.2, 0.25) is 0 Å². The molecule has 0 radical (unpaired) electrons. The van der Waals surface area contributed by atoms with E-state index < -0.39 is 17.6 Å². The Labute approximate surface area is 197 Å². The fourth-order valence-corrected chi connectivity index (χ4v) is 4.91. The van der Waals surface area contributed by atoms with Crippen LogP contribution in [0, 0.1) is 17.6 Å². The fourth-order valence-electron chi connectivity index (χ4n) is 4.91. The van der Waals surface area contributed by atoms with E-state index in [-0.39, 0.29) is 29.8 Å². The largest absolute Gasteiger partial charge is 0.494 e. The van der Waals surface area contributed by atoms with Crippen LogP contribution in [0.1, 0.15) is 54.4 Å². The summed E-state index contributed by atoms with van der Waals surface area (Å²) >= 11 is 0. The summed E-state index contributed by atoms with van der Waals surface area (Å²) in [5, 5.41) is 9.33. The molecule has 1 fully saturated rings. The van der Waals surface area contributed by atoms with Gasteiger partial charge in [-0.25, -0.2) is 8.78 Å². The van der Waals surface area contributed by atoms with Crippen molar-refractivity contribution in [3.8, 4) is 22.6 Å². The molecular weight excluding hydrogens is 438 g/mol. The Hall–Kier alpha value is -3.41. The number of benzene rings is 3. The maximum atomic E-state index is 14.7. The van der Waals surface area contributed by atoms with Gasteiger partial charge < -0.3 is 14.6 Å². The molecule has 5 rings (SSSR count). The molecule has 176 valence electrons. The SMILES string of the molecule is COc1ccc(F)c(-c2ccc(C3CCc4ccc([C@@H](CC(=O)O)C5CC5)cc4O3)cc2)c1F. The van der Waals surface area contributed by atoms with Crippen molar-refractivity contribution >= 4 is 5.97 Å². The third-order valence-corrected chi connectivity index (χ3v) is 6.90. The summed E-state index contributed by atoms with van der Waals surface area (Å²) < 4.78 is 40.3. The number of hydrogen-bond donors (Lipinski definition) is 1. The number of ether oxygens (including phenoxy) is 2. The quantitative estimate of drug-likeness (QED) is 0.424. The normalized spacial score (nSPS) is 18.0. The minimum Gasteiger partial charge on any atom is -0.494 e. The predicted molar refractivity (Wildman–Crippen MR) is 124 cm³/mol. The highest BCUT2D eigenvalue weighted by Gasteiger charge is 2.34. The van der Waals surface area contributed by atoms with Crippen molar-refractivity contribution in [2.45, 2.75) is 44.1 Å². The minimum absolute atomic E-state index is 0.00379. The monoisotopic (exact) mass is 464 g/mol. The van der Waals surface area contributed by atoms with E-state index in [1.165, 1.54) is 19.2 Å². The van der Waals surface area contributed by atoms with E-state index in [2.05, 4.69) is 6.07 Å². The van der Waals surface area contributed by atoms with Gasteiger partial charge in [-0.05, 0) is 78.0 Å².